The summed E-state index contributed by atoms with van der Waals surface area (Å²) in [6, 6.07) is 12.8. The number of carbonyl (C=O) groups excluding carboxylic acids is 1. The third-order valence-electron chi connectivity index (χ3n) is 5.15. The highest BCUT2D eigenvalue weighted by molar-refractivity contribution is 6.38. The van der Waals surface area contributed by atoms with E-state index in [4.69, 9.17) is 27.9 Å². The molecule has 1 amide bonds. The van der Waals surface area contributed by atoms with Crippen LogP contribution >= 0.6 is 23.2 Å². The molecule has 2 aliphatic rings. The molecule has 0 unspecified atom stereocenters. The topological polar surface area (TPSA) is 70.6 Å². The summed E-state index contributed by atoms with van der Waals surface area (Å²) in [6.45, 7) is 0.496. The molecule has 1 aromatic heterocycles. The summed E-state index contributed by atoms with van der Waals surface area (Å²) >= 11 is 12.9. The Hall–Kier alpha value is -3.29. The third kappa shape index (κ3) is 3.36. The van der Waals surface area contributed by atoms with Gasteiger partial charge in [-0.3, -0.25) is 9.80 Å². The number of amides is 1. The molecule has 0 spiro atoms. The Balaban J connectivity index is 1.60. The Morgan fingerprint density at radius 2 is 1.87 bits per heavy atom. The van der Waals surface area contributed by atoms with Crippen LogP contribution in [-0.2, 0) is 4.79 Å². The van der Waals surface area contributed by atoms with E-state index in [9.17, 15) is 4.79 Å². The fourth-order valence-electron chi connectivity index (χ4n) is 3.76. The second-order valence-corrected chi connectivity index (χ2v) is 7.82. The van der Waals surface area contributed by atoms with Crippen LogP contribution in [0.4, 0.5) is 17.5 Å². The fourth-order valence-corrected chi connectivity index (χ4v) is 4.35. The number of hydrogen-bond acceptors (Lipinski definition) is 6. The Morgan fingerprint density at radius 1 is 1.10 bits per heavy atom. The van der Waals surface area contributed by atoms with Crippen molar-refractivity contribution in [2.75, 3.05) is 24.0 Å². The molecule has 3 aromatic rings. The number of ether oxygens (including phenoxy) is 1. The van der Waals surface area contributed by atoms with Gasteiger partial charge in [0.15, 0.2) is 5.82 Å². The Morgan fingerprint density at radius 3 is 2.65 bits per heavy atom. The molecule has 1 fully saturated rings. The zero-order valence-electron chi connectivity index (χ0n) is 16.5. The summed E-state index contributed by atoms with van der Waals surface area (Å²) in [5.74, 6) is 1.66. The number of nitrogens with zero attached hydrogens (tertiary/aromatic N) is 4. The van der Waals surface area contributed by atoms with Crippen molar-refractivity contribution in [1.29, 1.82) is 0 Å². The van der Waals surface area contributed by atoms with Crippen LogP contribution in [0.2, 0.25) is 10.0 Å². The predicted molar refractivity (Wildman–Crippen MR) is 121 cm³/mol. The summed E-state index contributed by atoms with van der Waals surface area (Å²) < 4.78 is 5.38. The Bertz CT molecular complexity index is 1210. The average Bonchev–Trinajstić information content (AvgIpc) is 3.16. The number of carbonyl (C=O) groups is 1. The number of methoxy groups -OCH3 is 1. The highest BCUT2D eigenvalue weighted by Crippen LogP contribution is 2.42. The van der Waals surface area contributed by atoms with E-state index in [1.165, 1.54) is 0 Å². The normalized spacial score (nSPS) is 14.8. The van der Waals surface area contributed by atoms with Gasteiger partial charge in [0.1, 0.15) is 5.75 Å². The number of rotatable bonds is 4. The van der Waals surface area contributed by atoms with Gasteiger partial charge in [-0.1, -0.05) is 41.4 Å². The maximum Gasteiger partial charge on any atom is 0.247 e. The molecule has 9 heteroatoms. The summed E-state index contributed by atoms with van der Waals surface area (Å²) in [7, 11) is 1.61. The summed E-state index contributed by atoms with van der Waals surface area (Å²) in [5, 5.41) is 7.55. The number of hydrogen-bond donors (Lipinski definition) is 1. The minimum atomic E-state index is -0.0502. The summed E-state index contributed by atoms with van der Waals surface area (Å²) in [5.41, 5.74) is 2.73. The van der Waals surface area contributed by atoms with Gasteiger partial charge >= 0.3 is 0 Å². The van der Waals surface area contributed by atoms with Gasteiger partial charge in [-0.25, -0.2) is 9.99 Å². The van der Waals surface area contributed by atoms with Gasteiger partial charge < -0.3 is 10.1 Å². The standard InChI is InChI=1S/C22H17Cl2N5O2/c1-31-18-8-3-2-7-16(18)26-22-25-12-13-11-17(20-14(23)5-4-6-15(20)24)29-19(30)9-10-28(29)21(13)27-22/h2-8,11-12H,9-10H2,1H3,(H,25,26,27). The van der Waals surface area contributed by atoms with E-state index < -0.39 is 0 Å². The molecule has 0 radical (unpaired) electrons. The van der Waals surface area contributed by atoms with E-state index >= 15 is 0 Å². The van der Waals surface area contributed by atoms with Crippen molar-refractivity contribution in [3.05, 3.63) is 69.8 Å². The summed E-state index contributed by atoms with van der Waals surface area (Å²) in [4.78, 5) is 21.9. The monoisotopic (exact) mass is 453 g/mol. The molecular weight excluding hydrogens is 437 g/mol. The van der Waals surface area contributed by atoms with Crippen LogP contribution in [0.1, 0.15) is 17.5 Å². The zero-order chi connectivity index (χ0) is 21.5. The van der Waals surface area contributed by atoms with Crippen LogP contribution in [-0.4, -0.2) is 34.5 Å². The molecule has 0 aliphatic carbocycles. The molecular formula is C22H17Cl2N5O2. The lowest BCUT2D eigenvalue weighted by Crippen LogP contribution is -2.40. The van der Waals surface area contributed by atoms with Crippen molar-refractivity contribution in [3.63, 3.8) is 0 Å². The minimum Gasteiger partial charge on any atom is -0.495 e. The molecule has 31 heavy (non-hydrogen) atoms. The number of nitrogens with one attached hydrogen (secondary N) is 1. The number of fused-ring (bicyclic) bond motifs is 3. The number of aromatic nitrogens is 2. The molecule has 3 heterocycles. The lowest BCUT2D eigenvalue weighted by molar-refractivity contribution is -0.125. The van der Waals surface area contributed by atoms with Crippen molar-refractivity contribution >= 4 is 58.3 Å². The fraction of sp³-hybridized carbons (Fsp3) is 0.136. The predicted octanol–water partition coefficient (Wildman–Crippen LogP) is 5.00. The number of hydrazine groups is 1. The number of halogens is 2. The molecule has 0 bridgehead atoms. The van der Waals surface area contributed by atoms with E-state index in [1.54, 1.807) is 36.5 Å². The van der Waals surface area contributed by atoms with Crippen molar-refractivity contribution in [3.8, 4) is 5.75 Å². The highest BCUT2D eigenvalue weighted by atomic mass is 35.5. The number of anilines is 3. The van der Waals surface area contributed by atoms with Gasteiger partial charge in [-0.2, -0.15) is 4.98 Å². The molecule has 1 N–H and O–H groups in total. The van der Waals surface area contributed by atoms with Gasteiger partial charge in [0, 0.05) is 23.7 Å². The van der Waals surface area contributed by atoms with Crippen LogP contribution in [0.5, 0.6) is 5.75 Å². The number of benzene rings is 2. The second kappa shape index (κ2) is 7.76. The molecule has 0 saturated carbocycles. The molecule has 2 aliphatic heterocycles. The smallest absolute Gasteiger partial charge is 0.247 e. The molecule has 7 nitrogen and oxygen atoms in total. The SMILES string of the molecule is COc1ccccc1Nc1ncc2c(n1)N1CCC(=O)N1C(c1c(Cl)cccc1Cl)=C2. The van der Waals surface area contributed by atoms with E-state index in [0.717, 1.165) is 11.3 Å². The molecule has 5 rings (SSSR count). The largest absolute Gasteiger partial charge is 0.495 e. The molecule has 1 saturated heterocycles. The first-order valence-electron chi connectivity index (χ1n) is 9.60. The third-order valence-corrected chi connectivity index (χ3v) is 5.78. The Labute approximate surface area is 188 Å². The molecule has 0 atom stereocenters. The van der Waals surface area contributed by atoms with Crippen molar-refractivity contribution in [2.45, 2.75) is 6.42 Å². The van der Waals surface area contributed by atoms with Crippen LogP contribution in [0.3, 0.4) is 0 Å². The van der Waals surface area contributed by atoms with Crippen LogP contribution < -0.4 is 15.1 Å². The van der Waals surface area contributed by atoms with Gasteiger partial charge in [0.05, 0.1) is 35.1 Å². The lowest BCUT2D eigenvalue weighted by Gasteiger charge is -2.35. The average molecular weight is 454 g/mol. The second-order valence-electron chi connectivity index (χ2n) is 7.00. The Kier molecular flexibility index (Phi) is 4.92. The van der Waals surface area contributed by atoms with E-state index in [2.05, 4.69) is 15.3 Å². The first-order chi connectivity index (χ1) is 15.1. The maximum absolute atomic E-state index is 12.8. The first-order valence-corrected chi connectivity index (χ1v) is 10.4. The number of para-hydroxylation sites is 2. The van der Waals surface area contributed by atoms with Crippen molar-refractivity contribution < 1.29 is 9.53 Å². The van der Waals surface area contributed by atoms with Gasteiger partial charge in [-0.05, 0) is 30.3 Å². The summed E-state index contributed by atoms with van der Waals surface area (Å²) in [6.07, 6.45) is 3.91. The van der Waals surface area contributed by atoms with E-state index in [0.29, 0.717) is 51.8 Å². The highest BCUT2D eigenvalue weighted by Gasteiger charge is 2.38. The molecule has 2 aromatic carbocycles. The molecule has 156 valence electrons. The minimum absolute atomic E-state index is 0.0502. The van der Waals surface area contributed by atoms with Gasteiger partial charge in [-0.15, -0.1) is 0 Å². The maximum atomic E-state index is 12.8. The zero-order valence-corrected chi connectivity index (χ0v) is 18.0. The van der Waals surface area contributed by atoms with Crippen molar-refractivity contribution in [2.24, 2.45) is 0 Å². The first kappa shape index (κ1) is 19.7. The van der Waals surface area contributed by atoms with Crippen LogP contribution in [0.25, 0.3) is 11.8 Å². The quantitative estimate of drug-likeness (QED) is 0.599. The van der Waals surface area contributed by atoms with Gasteiger partial charge in [0.2, 0.25) is 11.9 Å². The van der Waals surface area contributed by atoms with E-state index in [1.807, 2.05) is 35.4 Å². The van der Waals surface area contributed by atoms with Crippen LogP contribution in [0.15, 0.2) is 48.7 Å². The van der Waals surface area contributed by atoms with Gasteiger partial charge in [0.25, 0.3) is 0 Å². The van der Waals surface area contributed by atoms with E-state index in [-0.39, 0.29) is 5.91 Å². The van der Waals surface area contributed by atoms with Crippen LogP contribution in [0, 0.1) is 0 Å². The lowest BCUT2D eigenvalue weighted by atomic mass is 10.1. The van der Waals surface area contributed by atoms with Crippen molar-refractivity contribution in [1.82, 2.24) is 15.0 Å².